The zero-order chi connectivity index (χ0) is 21.9. The van der Waals surface area contributed by atoms with Gasteiger partial charge in [-0.15, -0.1) is 6.58 Å². The fourth-order valence-electron chi connectivity index (χ4n) is 3.68. The average Bonchev–Trinajstić information content (AvgIpc) is 2.71. The Morgan fingerprint density at radius 3 is 2.60 bits per heavy atom. The van der Waals surface area contributed by atoms with Crippen molar-refractivity contribution in [2.75, 3.05) is 12.3 Å². The molecule has 1 N–H and O–H groups in total. The maximum Gasteiger partial charge on any atom is 0.308 e. The van der Waals surface area contributed by atoms with Gasteiger partial charge in [-0.2, -0.15) is 16.1 Å². The largest absolute Gasteiger partial charge is 0.481 e. The molecule has 0 aliphatic carbocycles. The molecule has 8 heteroatoms. The fourth-order valence-corrected chi connectivity index (χ4v) is 6.67. The van der Waals surface area contributed by atoms with Gasteiger partial charge in [0.15, 0.2) is 0 Å². The number of halogens is 1. The lowest BCUT2D eigenvalue weighted by atomic mass is 9.90. The van der Waals surface area contributed by atoms with Crippen molar-refractivity contribution in [2.45, 2.75) is 29.5 Å². The highest BCUT2D eigenvalue weighted by molar-refractivity contribution is 8.00. The number of hydrogen-bond acceptors (Lipinski definition) is 4. The van der Waals surface area contributed by atoms with Gasteiger partial charge in [-0.3, -0.25) is 4.79 Å². The molecule has 1 aliphatic rings. The zero-order valence-electron chi connectivity index (χ0n) is 16.6. The fraction of sp³-hybridized carbons (Fsp3) is 0.318. The molecule has 160 valence electrons. The molecule has 3 atom stereocenters. The van der Waals surface area contributed by atoms with Crippen molar-refractivity contribution in [3.63, 3.8) is 0 Å². The second-order valence-corrected chi connectivity index (χ2v) is 10.9. The van der Waals surface area contributed by atoms with Crippen molar-refractivity contribution in [1.82, 2.24) is 4.31 Å². The molecule has 0 saturated carbocycles. The lowest BCUT2D eigenvalue weighted by Crippen LogP contribution is -2.49. The lowest BCUT2D eigenvalue weighted by Gasteiger charge is -2.41. The summed E-state index contributed by atoms with van der Waals surface area (Å²) in [4.78, 5) is 12.2. The van der Waals surface area contributed by atoms with Crippen LogP contribution in [-0.4, -0.2) is 41.3 Å². The normalized spacial score (nSPS) is 22.5. The van der Waals surface area contributed by atoms with Crippen LogP contribution >= 0.6 is 23.4 Å². The number of thioether (sulfide) groups is 1. The summed E-state index contributed by atoms with van der Waals surface area (Å²) >= 11 is 7.67. The standard InChI is InChI=1S/C22H24ClNO4S2/c1-3-11-29-21-13-20(16-5-4-6-17(23)12-16)24(14-19(21)22(25)26)30(27,28)18-9-7-15(2)8-10-18/h3-10,12,19-21H,1,11,13-14H2,2H3,(H,25,26)/t19-,20+,21-/m1/s1. The maximum absolute atomic E-state index is 13.5. The molecule has 0 amide bonds. The van der Waals surface area contributed by atoms with Gasteiger partial charge in [0.05, 0.1) is 16.9 Å². The third kappa shape index (κ3) is 4.91. The zero-order valence-corrected chi connectivity index (χ0v) is 19.0. The van der Waals surface area contributed by atoms with Crippen LogP contribution in [0.25, 0.3) is 0 Å². The van der Waals surface area contributed by atoms with E-state index in [0.717, 1.165) is 11.1 Å². The summed E-state index contributed by atoms with van der Waals surface area (Å²) in [6, 6.07) is 13.2. The summed E-state index contributed by atoms with van der Waals surface area (Å²) in [6.07, 6.45) is 2.11. The molecule has 1 fully saturated rings. The number of piperidine rings is 1. The molecule has 1 saturated heterocycles. The van der Waals surface area contributed by atoms with Crippen molar-refractivity contribution in [2.24, 2.45) is 5.92 Å². The first-order chi connectivity index (χ1) is 14.2. The lowest BCUT2D eigenvalue weighted by molar-refractivity contribution is -0.143. The van der Waals surface area contributed by atoms with Gasteiger partial charge >= 0.3 is 5.97 Å². The molecular formula is C22H24ClNO4S2. The second-order valence-electron chi connectivity index (χ2n) is 7.30. The molecule has 2 aromatic carbocycles. The van der Waals surface area contributed by atoms with E-state index in [1.807, 2.05) is 13.0 Å². The van der Waals surface area contributed by atoms with Crippen LogP contribution in [0.4, 0.5) is 0 Å². The minimum atomic E-state index is -3.90. The number of nitrogens with zero attached hydrogens (tertiary/aromatic N) is 1. The molecule has 30 heavy (non-hydrogen) atoms. The van der Waals surface area contributed by atoms with Crippen LogP contribution in [-0.2, 0) is 14.8 Å². The molecule has 0 spiro atoms. The minimum absolute atomic E-state index is 0.0997. The number of aryl methyl sites for hydroxylation is 1. The monoisotopic (exact) mass is 465 g/mol. The Kier molecular flexibility index (Phi) is 7.29. The van der Waals surface area contributed by atoms with Crippen LogP contribution in [0, 0.1) is 12.8 Å². The van der Waals surface area contributed by atoms with Gasteiger partial charge in [-0.1, -0.05) is 47.5 Å². The number of rotatable bonds is 7. The first-order valence-electron chi connectivity index (χ1n) is 9.53. The molecule has 0 unspecified atom stereocenters. The van der Waals surface area contributed by atoms with Crippen LogP contribution in [0.2, 0.25) is 5.02 Å². The second kappa shape index (κ2) is 9.56. The highest BCUT2D eigenvalue weighted by Gasteiger charge is 2.45. The molecule has 5 nitrogen and oxygen atoms in total. The van der Waals surface area contributed by atoms with E-state index in [1.165, 1.54) is 16.1 Å². The van der Waals surface area contributed by atoms with Crippen LogP contribution < -0.4 is 0 Å². The maximum atomic E-state index is 13.5. The van der Waals surface area contributed by atoms with Gasteiger partial charge in [-0.25, -0.2) is 8.42 Å². The molecule has 3 rings (SSSR count). The number of carboxylic acid groups (broad SMARTS) is 1. The highest BCUT2D eigenvalue weighted by Crippen LogP contribution is 2.42. The Bertz CT molecular complexity index is 1020. The van der Waals surface area contributed by atoms with Crippen molar-refractivity contribution in [3.05, 3.63) is 77.3 Å². The number of carboxylic acids is 1. The average molecular weight is 466 g/mol. The summed E-state index contributed by atoms with van der Waals surface area (Å²) in [5.41, 5.74) is 1.70. The Morgan fingerprint density at radius 2 is 2.00 bits per heavy atom. The Labute approximate surface area is 186 Å². The number of sulfonamides is 1. The predicted molar refractivity (Wildman–Crippen MR) is 121 cm³/mol. The summed E-state index contributed by atoms with van der Waals surface area (Å²) in [7, 11) is -3.90. The van der Waals surface area contributed by atoms with Crippen LogP contribution in [0.5, 0.6) is 0 Å². The Hall–Kier alpha value is -1.80. The molecule has 1 heterocycles. The molecule has 0 radical (unpaired) electrons. The van der Waals surface area contributed by atoms with Gasteiger partial charge in [0.2, 0.25) is 10.0 Å². The third-order valence-electron chi connectivity index (χ3n) is 5.23. The van der Waals surface area contributed by atoms with Crippen molar-refractivity contribution < 1.29 is 18.3 Å². The van der Waals surface area contributed by atoms with E-state index in [0.29, 0.717) is 17.2 Å². The molecule has 1 aliphatic heterocycles. The first kappa shape index (κ1) is 22.9. The molecule has 0 aromatic heterocycles. The van der Waals surface area contributed by atoms with E-state index in [9.17, 15) is 18.3 Å². The summed E-state index contributed by atoms with van der Waals surface area (Å²) in [5.74, 6) is -1.21. The number of carbonyl (C=O) groups is 1. The van der Waals surface area contributed by atoms with E-state index in [4.69, 9.17) is 11.6 Å². The minimum Gasteiger partial charge on any atom is -0.481 e. The van der Waals surface area contributed by atoms with Gasteiger partial charge < -0.3 is 5.11 Å². The van der Waals surface area contributed by atoms with Crippen LogP contribution in [0.1, 0.15) is 23.6 Å². The topological polar surface area (TPSA) is 74.7 Å². The number of hydrogen-bond donors (Lipinski definition) is 1. The van der Waals surface area contributed by atoms with Crippen molar-refractivity contribution in [3.8, 4) is 0 Å². The van der Waals surface area contributed by atoms with Crippen LogP contribution in [0.3, 0.4) is 0 Å². The van der Waals surface area contributed by atoms with Gasteiger partial charge in [0, 0.05) is 22.6 Å². The van der Waals surface area contributed by atoms with Gasteiger partial charge in [-0.05, 0) is 43.2 Å². The predicted octanol–water partition coefficient (Wildman–Crippen LogP) is 4.77. The number of aliphatic carboxylic acids is 1. The van der Waals surface area contributed by atoms with Crippen LogP contribution in [0.15, 0.2) is 66.1 Å². The van der Waals surface area contributed by atoms with E-state index in [1.54, 1.807) is 48.5 Å². The van der Waals surface area contributed by atoms with E-state index < -0.39 is 28.0 Å². The Morgan fingerprint density at radius 1 is 1.30 bits per heavy atom. The highest BCUT2D eigenvalue weighted by atomic mass is 35.5. The smallest absolute Gasteiger partial charge is 0.308 e. The SMILES string of the molecule is C=CCS[C@@H]1C[C@@H](c2cccc(Cl)c2)N(S(=O)(=O)c2ccc(C)cc2)C[C@H]1C(=O)O. The van der Waals surface area contributed by atoms with Gasteiger partial charge in [0.25, 0.3) is 0 Å². The van der Waals surface area contributed by atoms with Crippen molar-refractivity contribution >= 4 is 39.4 Å². The molecule has 2 aromatic rings. The Balaban J connectivity index is 2.07. The summed E-state index contributed by atoms with van der Waals surface area (Å²) in [5, 5.41) is 10.1. The van der Waals surface area contributed by atoms with E-state index in [2.05, 4.69) is 6.58 Å². The summed E-state index contributed by atoms with van der Waals surface area (Å²) in [6.45, 7) is 5.50. The quantitative estimate of drug-likeness (QED) is 0.596. The molecule has 0 bridgehead atoms. The van der Waals surface area contributed by atoms with Crippen molar-refractivity contribution in [1.29, 1.82) is 0 Å². The van der Waals surface area contributed by atoms with E-state index in [-0.39, 0.29) is 16.7 Å². The van der Waals surface area contributed by atoms with E-state index >= 15 is 0 Å². The first-order valence-corrected chi connectivity index (χ1v) is 12.4. The summed E-state index contributed by atoms with van der Waals surface area (Å²) < 4.78 is 28.4. The molecular weight excluding hydrogens is 442 g/mol. The number of benzene rings is 2. The third-order valence-corrected chi connectivity index (χ3v) is 8.74. The van der Waals surface area contributed by atoms with Gasteiger partial charge in [0.1, 0.15) is 0 Å².